The van der Waals surface area contributed by atoms with Crippen molar-refractivity contribution in [1.29, 1.82) is 0 Å². The van der Waals surface area contributed by atoms with E-state index in [2.05, 4.69) is 5.32 Å². The van der Waals surface area contributed by atoms with E-state index in [4.69, 9.17) is 24.7 Å². The Morgan fingerprint density at radius 1 is 0.706 bits per heavy atom. The molecule has 0 unspecified atom stereocenters. The largest absolute Gasteiger partial charge is 0.462 e. The minimum Gasteiger partial charge on any atom is -0.462 e. The van der Waals surface area contributed by atoms with Crippen molar-refractivity contribution in [3.05, 3.63) is 85.1 Å². The number of aliphatic hydroxyl groups excluding tert-OH is 10. The van der Waals surface area contributed by atoms with E-state index in [-0.39, 0.29) is 44.6 Å². The zero-order valence-electron chi connectivity index (χ0n) is 39.5. The van der Waals surface area contributed by atoms with E-state index in [1.165, 1.54) is 0 Å². The lowest BCUT2D eigenvalue weighted by molar-refractivity contribution is -0.308. The SMILES string of the molecule is C[C@@H]1[C@H](O)[C@@H](C)/C=C/C=C/C=C/C=C/C=C/C=C/C=C/[C@H](O[C@@H]2O[C@H](C)[C@@H](O)[C@H](N)[C@@H]2O)C[C@@H]2O[C@](O)(C[C@@H](O)[C@H](O)CC[C@@H](O)C[C@@H](O)C[C@@H](O)CC(=O)O[C@H]1C)C[C@H](O)[C@H]2C(=O)NCCO. The number of aliphatic hydroxyl groups is 11. The number of ether oxygens (including phenoxy) is 4. The lowest BCUT2D eigenvalue weighted by atomic mass is 9.82. The molecule has 0 spiro atoms. The van der Waals surface area contributed by atoms with Gasteiger partial charge in [-0.2, -0.15) is 0 Å². The van der Waals surface area contributed by atoms with Gasteiger partial charge in [-0.05, 0) is 39.5 Å². The second-order valence-corrected chi connectivity index (χ2v) is 18.2. The third-order valence-corrected chi connectivity index (χ3v) is 12.5. The van der Waals surface area contributed by atoms with E-state index in [9.17, 15) is 65.8 Å². The summed E-state index contributed by atoms with van der Waals surface area (Å²) >= 11 is 0. The van der Waals surface area contributed by atoms with Crippen LogP contribution in [0.1, 0.15) is 79.1 Å². The molecule has 2 bridgehead atoms. The first-order valence-corrected chi connectivity index (χ1v) is 23.5. The van der Waals surface area contributed by atoms with Crippen LogP contribution in [0.3, 0.4) is 0 Å². The number of nitrogens with one attached hydrogen (secondary N) is 1. The van der Waals surface area contributed by atoms with Crippen molar-refractivity contribution in [2.24, 2.45) is 23.5 Å². The Morgan fingerprint density at radius 2 is 1.26 bits per heavy atom. The van der Waals surface area contributed by atoms with Gasteiger partial charge in [-0.15, -0.1) is 0 Å². The molecule has 19 atom stereocenters. The van der Waals surface area contributed by atoms with Gasteiger partial charge in [-0.25, -0.2) is 0 Å². The Bertz CT molecular complexity index is 1720. The summed E-state index contributed by atoms with van der Waals surface area (Å²) in [6, 6.07) is -1.14. The number of amides is 1. The Balaban J connectivity index is 1.91. The zero-order chi connectivity index (χ0) is 50.6. The van der Waals surface area contributed by atoms with Gasteiger partial charge in [0.2, 0.25) is 5.91 Å². The fourth-order valence-electron chi connectivity index (χ4n) is 8.27. The first kappa shape index (κ1) is 58.8. The molecule has 0 aliphatic carbocycles. The van der Waals surface area contributed by atoms with Crippen molar-refractivity contribution < 1.29 is 84.7 Å². The predicted molar refractivity (Wildman–Crippen MR) is 249 cm³/mol. The topological polar surface area (TPSA) is 332 Å². The van der Waals surface area contributed by atoms with Gasteiger partial charge < -0.3 is 86.2 Å². The Hall–Kier alpha value is -3.48. The molecule has 0 aromatic carbocycles. The minimum atomic E-state index is -2.33. The molecule has 3 rings (SSSR count). The summed E-state index contributed by atoms with van der Waals surface area (Å²) in [5.41, 5.74) is 6.07. The van der Waals surface area contributed by atoms with Crippen molar-refractivity contribution in [3.63, 3.8) is 0 Å². The number of rotatable bonds is 5. The monoisotopic (exact) mass is 967 g/mol. The highest BCUT2D eigenvalue weighted by Gasteiger charge is 2.51. The average Bonchev–Trinajstić information content (AvgIpc) is 3.26. The maximum atomic E-state index is 13.4. The molecule has 0 aromatic rings. The number of nitrogens with two attached hydrogens (primary N) is 1. The van der Waals surface area contributed by atoms with E-state index >= 15 is 0 Å². The Morgan fingerprint density at radius 3 is 1.87 bits per heavy atom. The molecule has 19 heteroatoms. The van der Waals surface area contributed by atoms with Crippen LogP contribution in [-0.4, -0.2) is 179 Å². The smallest absolute Gasteiger partial charge is 0.308 e. The number of cyclic esters (lactones) is 1. The van der Waals surface area contributed by atoms with Crippen LogP contribution in [0.4, 0.5) is 0 Å². The van der Waals surface area contributed by atoms with Gasteiger partial charge in [-0.3, -0.25) is 9.59 Å². The zero-order valence-corrected chi connectivity index (χ0v) is 39.5. The molecule has 2 fully saturated rings. The summed E-state index contributed by atoms with van der Waals surface area (Å²) in [4.78, 5) is 26.1. The van der Waals surface area contributed by atoms with E-state index in [0.29, 0.717) is 0 Å². The van der Waals surface area contributed by atoms with Crippen LogP contribution in [0.15, 0.2) is 85.1 Å². The third kappa shape index (κ3) is 19.7. The van der Waals surface area contributed by atoms with Gasteiger partial charge in [0.05, 0.1) is 92.1 Å². The van der Waals surface area contributed by atoms with E-state index in [1.807, 2.05) is 31.2 Å². The molecule has 386 valence electrons. The first-order valence-electron chi connectivity index (χ1n) is 23.5. The second-order valence-electron chi connectivity index (χ2n) is 18.2. The van der Waals surface area contributed by atoms with Crippen molar-refractivity contribution in [2.75, 3.05) is 13.2 Å². The highest BCUT2D eigenvalue weighted by Crippen LogP contribution is 2.38. The van der Waals surface area contributed by atoms with Crippen molar-refractivity contribution >= 4 is 11.9 Å². The van der Waals surface area contributed by atoms with Crippen LogP contribution in [0.5, 0.6) is 0 Å². The molecule has 1 amide bonds. The van der Waals surface area contributed by atoms with Crippen molar-refractivity contribution in [2.45, 2.75) is 177 Å². The quantitative estimate of drug-likeness (QED) is 0.158. The van der Waals surface area contributed by atoms with Gasteiger partial charge in [0.25, 0.3) is 0 Å². The lowest BCUT2D eigenvalue weighted by Gasteiger charge is -2.46. The molecule has 0 aromatic heterocycles. The van der Waals surface area contributed by atoms with Gasteiger partial charge in [-0.1, -0.05) is 98.9 Å². The number of fused-ring (bicyclic) bond motifs is 2. The molecule has 3 aliphatic heterocycles. The summed E-state index contributed by atoms with van der Waals surface area (Å²) < 4.78 is 23.5. The maximum absolute atomic E-state index is 13.4. The van der Waals surface area contributed by atoms with Crippen LogP contribution in [-0.2, 0) is 28.5 Å². The molecule has 0 saturated carbocycles. The third-order valence-electron chi connectivity index (χ3n) is 12.5. The predicted octanol–water partition coefficient (Wildman–Crippen LogP) is -0.264. The number of hydrogen-bond acceptors (Lipinski definition) is 18. The second kappa shape index (κ2) is 29.6. The number of hydrogen-bond donors (Lipinski definition) is 13. The van der Waals surface area contributed by atoms with E-state index < -0.39 is 147 Å². The highest BCUT2D eigenvalue weighted by molar-refractivity contribution is 5.80. The number of allylic oxidation sites excluding steroid dienone is 12. The normalized spacial score (nSPS) is 44.0. The number of carbonyl (C=O) groups excluding carboxylic acids is 2. The van der Waals surface area contributed by atoms with Gasteiger partial charge in [0, 0.05) is 37.6 Å². The van der Waals surface area contributed by atoms with Gasteiger partial charge in [0.15, 0.2) is 12.1 Å². The number of esters is 1. The summed E-state index contributed by atoms with van der Waals surface area (Å²) in [5.74, 6) is -5.88. The summed E-state index contributed by atoms with van der Waals surface area (Å²) in [6.45, 7) is 6.19. The van der Waals surface area contributed by atoms with Crippen LogP contribution >= 0.6 is 0 Å². The summed E-state index contributed by atoms with van der Waals surface area (Å²) in [5, 5.41) is 121. The van der Waals surface area contributed by atoms with Crippen molar-refractivity contribution in [1.82, 2.24) is 5.32 Å². The Kier molecular flexibility index (Phi) is 25.6. The number of carbonyl (C=O) groups is 2. The van der Waals surface area contributed by atoms with E-state index in [1.54, 1.807) is 81.5 Å². The molecule has 14 N–H and O–H groups in total. The van der Waals surface area contributed by atoms with Gasteiger partial charge in [0.1, 0.15) is 12.2 Å². The average molecular weight is 967 g/mol. The first-order chi connectivity index (χ1) is 32.2. The Labute approximate surface area is 399 Å². The standard InChI is InChI=1S/C49H78N2O17/c1-29-17-15-13-11-9-7-5-6-8-10-12-14-16-18-36(67-48-46(62)43(50)45(61)32(4)66-48)26-40-42(47(63)51-21-22-52)39(58)28-49(64,68-40)27-38(57)37(56)20-19-33(53)23-34(54)24-35(55)25-41(59)65-31(3)30(2)44(29)60/h5-18,29-40,42-46,48,52-58,60-62,64H,19-28,50H2,1-4H3,(H,51,63)/b6-5+,9-7+,10-8+,13-11+,14-12+,17-15+,18-16+/t29-,30-,31-,32+,33+,34+,35+,36-,37+,38+,39-,40-,42+,43-,44+,45+,46-,48-,49+/m0/s1. The maximum Gasteiger partial charge on any atom is 0.308 e. The molecule has 3 heterocycles. The lowest BCUT2D eigenvalue weighted by Crippen LogP contribution is -2.62. The van der Waals surface area contributed by atoms with Crippen LogP contribution < -0.4 is 11.1 Å². The van der Waals surface area contributed by atoms with Gasteiger partial charge >= 0.3 is 5.97 Å². The van der Waals surface area contributed by atoms with Crippen LogP contribution in [0, 0.1) is 17.8 Å². The van der Waals surface area contributed by atoms with Crippen LogP contribution in [0.2, 0.25) is 0 Å². The van der Waals surface area contributed by atoms with Crippen molar-refractivity contribution in [3.8, 4) is 0 Å². The minimum absolute atomic E-state index is 0.135. The highest BCUT2D eigenvalue weighted by atomic mass is 16.7. The molecule has 68 heavy (non-hydrogen) atoms. The molecular formula is C49H78N2O17. The summed E-state index contributed by atoms with van der Waals surface area (Å²) in [7, 11) is 0. The molecule has 19 nitrogen and oxygen atoms in total. The fourth-order valence-corrected chi connectivity index (χ4v) is 8.27. The van der Waals surface area contributed by atoms with Crippen LogP contribution in [0.25, 0.3) is 0 Å². The summed E-state index contributed by atoms with van der Waals surface area (Å²) in [6.07, 6.45) is 4.18. The molecule has 3 aliphatic rings. The molecular weight excluding hydrogens is 889 g/mol. The molecule has 0 radical (unpaired) electrons. The molecule has 2 saturated heterocycles. The van der Waals surface area contributed by atoms with E-state index in [0.717, 1.165) is 0 Å². The fraction of sp³-hybridized carbons (Fsp3) is 0.673.